The molecule has 0 aliphatic carbocycles. The fourth-order valence-electron chi connectivity index (χ4n) is 1.96. The predicted molar refractivity (Wildman–Crippen MR) is 80.7 cm³/mol. The van der Waals surface area contributed by atoms with Crippen LogP contribution in [-0.4, -0.2) is 21.3 Å². The minimum atomic E-state index is 0.753. The molecule has 0 aromatic carbocycles. The van der Waals surface area contributed by atoms with Crippen molar-refractivity contribution in [1.82, 2.24) is 14.8 Å². The van der Waals surface area contributed by atoms with Gasteiger partial charge in [0.2, 0.25) is 0 Å². The van der Waals surface area contributed by atoms with Crippen LogP contribution in [0.15, 0.2) is 5.38 Å². The van der Waals surface area contributed by atoms with Gasteiger partial charge >= 0.3 is 0 Å². The van der Waals surface area contributed by atoms with E-state index in [-0.39, 0.29) is 0 Å². The highest BCUT2D eigenvalue weighted by Gasteiger charge is 2.11. The number of aromatic nitrogens is 3. The van der Waals surface area contributed by atoms with Gasteiger partial charge in [0.15, 0.2) is 0 Å². The third-order valence-electron chi connectivity index (χ3n) is 2.91. The first kappa shape index (κ1) is 13.9. The highest BCUT2D eigenvalue weighted by molar-refractivity contribution is 7.09. The number of nitrogen functional groups attached to an aromatic ring is 1. The summed E-state index contributed by atoms with van der Waals surface area (Å²) in [6.07, 6.45) is 1.95. The fourth-order valence-corrected chi connectivity index (χ4v) is 2.74. The maximum Gasteiger partial charge on any atom is 0.148 e. The van der Waals surface area contributed by atoms with Crippen LogP contribution in [0.1, 0.15) is 29.7 Å². The summed E-state index contributed by atoms with van der Waals surface area (Å²) in [5, 5.41) is 11.1. The zero-order valence-corrected chi connectivity index (χ0v) is 12.5. The van der Waals surface area contributed by atoms with Gasteiger partial charge in [0.05, 0.1) is 16.4 Å². The second-order valence-corrected chi connectivity index (χ2v) is 5.57. The molecule has 0 fully saturated rings. The molecule has 5 nitrogen and oxygen atoms in total. The van der Waals surface area contributed by atoms with Crippen LogP contribution in [0.4, 0.5) is 11.5 Å². The van der Waals surface area contributed by atoms with Crippen LogP contribution in [-0.2, 0) is 13.0 Å². The van der Waals surface area contributed by atoms with Gasteiger partial charge in [-0.15, -0.1) is 11.3 Å². The number of hydrogen-bond donors (Lipinski definition) is 2. The molecule has 0 atom stereocenters. The van der Waals surface area contributed by atoms with E-state index in [4.69, 9.17) is 5.73 Å². The first-order valence-corrected chi connectivity index (χ1v) is 7.47. The van der Waals surface area contributed by atoms with Crippen LogP contribution in [0.25, 0.3) is 0 Å². The molecule has 6 heteroatoms. The normalized spacial score (nSPS) is 10.9. The largest absolute Gasteiger partial charge is 0.394 e. The molecule has 104 valence electrons. The van der Waals surface area contributed by atoms with Gasteiger partial charge in [0, 0.05) is 30.6 Å². The molecular weight excluding hydrogens is 258 g/mol. The average Bonchev–Trinajstić information content (AvgIpc) is 2.89. The van der Waals surface area contributed by atoms with Crippen molar-refractivity contribution in [3.05, 3.63) is 21.8 Å². The lowest BCUT2D eigenvalue weighted by Crippen LogP contribution is -2.12. The van der Waals surface area contributed by atoms with Crippen LogP contribution in [0.5, 0.6) is 0 Å². The van der Waals surface area contributed by atoms with E-state index in [0.717, 1.165) is 53.8 Å². The average molecular weight is 279 g/mol. The van der Waals surface area contributed by atoms with E-state index < -0.39 is 0 Å². The lowest BCUT2D eigenvalue weighted by atomic mass is 10.3. The molecule has 0 unspecified atom stereocenters. The summed E-state index contributed by atoms with van der Waals surface area (Å²) in [6, 6.07) is 0. The minimum Gasteiger partial charge on any atom is -0.394 e. The van der Waals surface area contributed by atoms with E-state index in [0.29, 0.717) is 0 Å². The molecule has 0 bridgehead atoms. The number of nitrogens with two attached hydrogens (primary N) is 1. The molecule has 2 aromatic heterocycles. The summed E-state index contributed by atoms with van der Waals surface area (Å²) in [5.74, 6) is 0.938. The Morgan fingerprint density at radius 2 is 2.21 bits per heavy atom. The number of anilines is 2. The summed E-state index contributed by atoms with van der Waals surface area (Å²) < 4.78 is 1.96. The van der Waals surface area contributed by atoms with Gasteiger partial charge in [0.1, 0.15) is 5.82 Å². The number of nitrogens with zero attached hydrogens (tertiary/aromatic N) is 3. The van der Waals surface area contributed by atoms with Gasteiger partial charge in [-0.2, -0.15) is 5.10 Å². The lowest BCUT2D eigenvalue weighted by molar-refractivity contribution is 0.603. The first-order chi connectivity index (χ1) is 9.11. The summed E-state index contributed by atoms with van der Waals surface area (Å²) in [6.45, 7) is 7.81. The van der Waals surface area contributed by atoms with E-state index >= 15 is 0 Å². The maximum atomic E-state index is 6.06. The molecule has 2 aromatic rings. The Labute approximate surface area is 117 Å². The van der Waals surface area contributed by atoms with Gasteiger partial charge in [0.25, 0.3) is 0 Å². The predicted octanol–water partition coefficient (Wildman–Crippen LogP) is 2.60. The Morgan fingerprint density at radius 3 is 2.84 bits per heavy atom. The van der Waals surface area contributed by atoms with Crippen molar-refractivity contribution in [3.8, 4) is 0 Å². The van der Waals surface area contributed by atoms with Crippen molar-refractivity contribution in [1.29, 1.82) is 0 Å². The van der Waals surface area contributed by atoms with Crippen molar-refractivity contribution in [2.45, 2.75) is 40.2 Å². The Morgan fingerprint density at radius 1 is 1.42 bits per heavy atom. The fraction of sp³-hybridized carbons (Fsp3) is 0.538. The van der Waals surface area contributed by atoms with Crippen molar-refractivity contribution in [2.75, 3.05) is 17.6 Å². The van der Waals surface area contributed by atoms with E-state index in [1.54, 1.807) is 11.3 Å². The molecule has 0 spiro atoms. The van der Waals surface area contributed by atoms with Crippen LogP contribution < -0.4 is 11.1 Å². The van der Waals surface area contributed by atoms with Crippen LogP contribution >= 0.6 is 11.3 Å². The Hall–Kier alpha value is -1.56. The van der Waals surface area contributed by atoms with Crippen molar-refractivity contribution in [2.24, 2.45) is 0 Å². The third-order valence-corrected chi connectivity index (χ3v) is 3.93. The highest BCUT2D eigenvalue weighted by atomic mass is 32.1. The molecule has 0 saturated heterocycles. The van der Waals surface area contributed by atoms with E-state index in [9.17, 15) is 0 Å². The van der Waals surface area contributed by atoms with Crippen LogP contribution in [0.3, 0.4) is 0 Å². The lowest BCUT2D eigenvalue weighted by Gasteiger charge is -2.09. The molecule has 0 aliphatic heterocycles. The molecule has 3 N–H and O–H groups in total. The molecule has 2 rings (SSSR count). The Balaban J connectivity index is 1.98. The maximum absolute atomic E-state index is 6.06. The Kier molecular flexibility index (Phi) is 4.42. The zero-order valence-electron chi connectivity index (χ0n) is 11.7. The van der Waals surface area contributed by atoms with Crippen molar-refractivity contribution in [3.63, 3.8) is 0 Å². The molecule has 2 heterocycles. The van der Waals surface area contributed by atoms with Crippen molar-refractivity contribution < 1.29 is 0 Å². The van der Waals surface area contributed by atoms with E-state index in [1.807, 2.05) is 18.5 Å². The van der Waals surface area contributed by atoms with Gasteiger partial charge in [-0.3, -0.25) is 0 Å². The molecule has 0 amide bonds. The second kappa shape index (κ2) is 6.06. The molecular formula is C13H21N5S. The van der Waals surface area contributed by atoms with Gasteiger partial charge in [-0.05, 0) is 20.3 Å². The van der Waals surface area contributed by atoms with Crippen LogP contribution in [0, 0.1) is 13.8 Å². The van der Waals surface area contributed by atoms with Gasteiger partial charge in [-0.1, -0.05) is 6.92 Å². The smallest absolute Gasteiger partial charge is 0.148 e. The van der Waals surface area contributed by atoms with E-state index in [1.165, 1.54) is 0 Å². The first-order valence-electron chi connectivity index (χ1n) is 6.59. The highest BCUT2D eigenvalue weighted by Crippen LogP contribution is 2.22. The Bertz CT molecular complexity index is 543. The number of nitrogens with one attached hydrogen (secondary N) is 1. The summed E-state index contributed by atoms with van der Waals surface area (Å²) in [5.41, 5.74) is 8.79. The number of thiazole rings is 1. The monoisotopic (exact) mass is 279 g/mol. The van der Waals surface area contributed by atoms with Crippen molar-refractivity contribution >= 4 is 22.8 Å². The zero-order chi connectivity index (χ0) is 13.8. The van der Waals surface area contributed by atoms with Gasteiger partial charge < -0.3 is 11.1 Å². The summed E-state index contributed by atoms with van der Waals surface area (Å²) in [7, 11) is 0. The number of rotatable bonds is 6. The van der Waals surface area contributed by atoms with Crippen LogP contribution in [0.2, 0.25) is 0 Å². The molecule has 0 saturated carbocycles. The SMILES string of the molecule is CCCn1nc(C)c(N)c1NCCc1nc(C)cs1. The summed E-state index contributed by atoms with van der Waals surface area (Å²) >= 11 is 1.70. The topological polar surface area (TPSA) is 68.8 Å². The quantitative estimate of drug-likeness (QED) is 0.853. The standard InChI is InChI=1S/C13H21N5S/c1-4-7-18-13(12(14)10(3)17-18)15-6-5-11-16-9(2)8-19-11/h8,15H,4-7,14H2,1-3H3. The molecule has 19 heavy (non-hydrogen) atoms. The second-order valence-electron chi connectivity index (χ2n) is 4.63. The minimum absolute atomic E-state index is 0.753. The molecule has 0 aliphatic rings. The van der Waals surface area contributed by atoms with E-state index in [2.05, 4.69) is 27.7 Å². The third kappa shape index (κ3) is 3.26. The van der Waals surface area contributed by atoms with Gasteiger partial charge in [-0.25, -0.2) is 9.67 Å². The summed E-state index contributed by atoms with van der Waals surface area (Å²) in [4.78, 5) is 4.45. The number of aryl methyl sites for hydroxylation is 3. The number of hydrogen-bond acceptors (Lipinski definition) is 5. The molecule has 0 radical (unpaired) electrons.